The molecule has 5 aliphatic rings. The van der Waals surface area contributed by atoms with Gasteiger partial charge >= 0.3 is 41.7 Å². The molecule has 1 aliphatic heterocycles. The van der Waals surface area contributed by atoms with E-state index >= 15 is 0 Å². The number of halogens is 10. The van der Waals surface area contributed by atoms with Crippen molar-refractivity contribution in [2.24, 2.45) is 23.2 Å². The first-order valence-electron chi connectivity index (χ1n) is 10.8. The molecule has 2 unspecified atom stereocenters. The van der Waals surface area contributed by atoms with Gasteiger partial charge in [0.05, 0.1) is 5.41 Å². The van der Waals surface area contributed by atoms with Gasteiger partial charge in [-0.2, -0.15) is 43.9 Å². The number of ether oxygens (including phenoxy) is 3. The number of hydrogen-bond acceptors (Lipinski definition) is 5. The number of carbonyl (C=O) groups is 2. The Morgan fingerprint density at radius 3 is 1.67 bits per heavy atom. The summed E-state index contributed by atoms with van der Waals surface area (Å²) >= 11 is 0. The standard InChI is InChI=1S/C20H20F10O6/c21-16(22)7-34-18(35-8-17(16,23)24)10-1-9-2-11(18)5-14(3-9,4-10)13(33)36-15(6-12(31)32,19(25,26)27)20(28,29)30/h9-11H,1-8H2,(H,31,32). The Morgan fingerprint density at radius 2 is 1.28 bits per heavy atom. The van der Waals surface area contributed by atoms with Crippen LogP contribution in [-0.4, -0.2) is 65.8 Å². The number of aliphatic carboxylic acids is 1. The second kappa shape index (κ2) is 7.84. The molecular weight excluding hydrogens is 526 g/mol. The number of rotatable bonds is 4. The summed E-state index contributed by atoms with van der Waals surface area (Å²) < 4.78 is 151. The molecule has 0 radical (unpaired) electrons. The molecule has 4 saturated carbocycles. The molecule has 36 heavy (non-hydrogen) atoms. The highest BCUT2D eigenvalue weighted by atomic mass is 19.4. The van der Waals surface area contributed by atoms with Crippen LogP contribution in [0.25, 0.3) is 0 Å². The van der Waals surface area contributed by atoms with E-state index in [4.69, 9.17) is 14.6 Å². The minimum Gasteiger partial charge on any atom is -0.481 e. The Labute approximate surface area is 196 Å². The minimum absolute atomic E-state index is 0.0848. The van der Waals surface area contributed by atoms with Crippen molar-refractivity contribution < 1.29 is 72.8 Å². The summed E-state index contributed by atoms with van der Waals surface area (Å²) in [5.74, 6) is -18.3. The lowest BCUT2D eigenvalue weighted by atomic mass is 9.47. The Bertz CT molecular complexity index is 879. The molecular formula is C20H20F10O6. The normalized spacial score (nSPS) is 34.9. The first-order chi connectivity index (χ1) is 16.2. The van der Waals surface area contributed by atoms with Crippen LogP contribution in [0.4, 0.5) is 43.9 Å². The molecule has 206 valence electrons. The van der Waals surface area contributed by atoms with Gasteiger partial charge in [0.1, 0.15) is 19.6 Å². The number of carbonyl (C=O) groups excluding carboxylic acids is 1. The number of carboxylic acid groups (broad SMARTS) is 1. The van der Waals surface area contributed by atoms with Crippen molar-refractivity contribution in [2.45, 2.75) is 74.1 Å². The third-order valence-electron chi connectivity index (χ3n) is 7.84. The van der Waals surface area contributed by atoms with Crippen molar-refractivity contribution in [1.29, 1.82) is 0 Å². The Kier molecular flexibility index (Phi) is 5.92. The fraction of sp³-hybridized carbons (Fsp3) is 0.900. The average molecular weight is 546 g/mol. The third kappa shape index (κ3) is 3.84. The topological polar surface area (TPSA) is 82.1 Å². The van der Waals surface area contributed by atoms with Crippen LogP contribution in [0.1, 0.15) is 38.5 Å². The maximum absolute atomic E-state index is 13.9. The first kappa shape index (κ1) is 27.2. The summed E-state index contributed by atoms with van der Waals surface area (Å²) in [6, 6.07) is 0. The van der Waals surface area contributed by atoms with E-state index < -0.39 is 103 Å². The molecule has 1 saturated heterocycles. The van der Waals surface area contributed by atoms with Gasteiger partial charge in [-0.3, -0.25) is 9.59 Å². The highest BCUT2D eigenvalue weighted by Gasteiger charge is 2.77. The van der Waals surface area contributed by atoms with Crippen molar-refractivity contribution in [3.63, 3.8) is 0 Å². The van der Waals surface area contributed by atoms with Gasteiger partial charge in [-0.1, -0.05) is 0 Å². The summed E-state index contributed by atoms with van der Waals surface area (Å²) in [6.07, 6.45) is -16.4. The zero-order valence-corrected chi connectivity index (χ0v) is 18.2. The second-order valence-corrected chi connectivity index (χ2v) is 10.1. The van der Waals surface area contributed by atoms with Crippen molar-refractivity contribution in [3.8, 4) is 0 Å². The van der Waals surface area contributed by atoms with Crippen molar-refractivity contribution in [2.75, 3.05) is 13.2 Å². The van der Waals surface area contributed by atoms with Crippen LogP contribution in [0, 0.1) is 23.2 Å². The van der Waals surface area contributed by atoms with Gasteiger partial charge in [0.2, 0.25) is 0 Å². The Balaban J connectivity index is 1.66. The molecule has 0 amide bonds. The molecule has 5 fully saturated rings. The third-order valence-corrected chi connectivity index (χ3v) is 7.84. The van der Waals surface area contributed by atoms with E-state index in [1.54, 1.807) is 0 Å². The maximum Gasteiger partial charge on any atom is 0.438 e. The van der Waals surface area contributed by atoms with Crippen molar-refractivity contribution in [3.05, 3.63) is 0 Å². The fourth-order valence-electron chi connectivity index (χ4n) is 6.30. The zero-order valence-electron chi connectivity index (χ0n) is 18.2. The highest BCUT2D eigenvalue weighted by Crippen LogP contribution is 2.66. The molecule has 0 aromatic heterocycles. The Morgan fingerprint density at radius 1 is 0.833 bits per heavy atom. The van der Waals surface area contributed by atoms with Crippen molar-refractivity contribution in [1.82, 2.24) is 0 Å². The number of alkyl halides is 10. The zero-order chi connectivity index (χ0) is 27.2. The van der Waals surface area contributed by atoms with Gasteiger partial charge in [-0.05, 0) is 38.0 Å². The van der Waals surface area contributed by atoms with Gasteiger partial charge in [0, 0.05) is 11.8 Å². The molecule has 4 aliphatic carbocycles. The van der Waals surface area contributed by atoms with Gasteiger partial charge in [-0.15, -0.1) is 0 Å². The van der Waals surface area contributed by atoms with Crippen LogP contribution >= 0.6 is 0 Å². The largest absolute Gasteiger partial charge is 0.481 e. The predicted octanol–water partition coefficient (Wildman–Crippen LogP) is 4.71. The van der Waals surface area contributed by atoms with Gasteiger partial charge < -0.3 is 19.3 Å². The second-order valence-electron chi connectivity index (χ2n) is 10.1. The van der Waals surface area contributed by atoms with Gasteiger partial charge in [-0.25, -0.2) is 0 Å². The molecule has 6 nitrogen and oxygen atoms in total. The number of hydrogen-bond donors (Lipinski definition) is 1. The summed E-state index contributed by atoms with van der Waals surface area (Å²) in [4.78, 5) is 23.9. The van der Waals surface area contributed by atoms with Gasteiger partial charge in [0.25, 0.3) is 0 Å². The number of esters is 1. The van der Waals surface area contributed by atoms with E-state index in [0.717, 1.165) is 0 Å². The Hall–Kier alpha value is -1.84. The summed E-state index contributed by atoms with van der Waals surface area (Å²) in [6.45, 7) is -3.47. The molecule has 1 N–H and O–H groups in total. The molecule has 4 bridgehead atoms. The van der Waals surface area contributed by atoms with Crippen molar-refractivity contribution >= 4 is 11.9 Å². The SMILES string of the molecule is O=C(O)CC(OC(=O)C12CC3CC(C1)C1(OCC(F)(F)C(F)(F)CO1)C(C3)C2)(C(F)(F)F)C(F)(F)F. The predicted molar refractivity (Wildman–Crippen MR) is 93.7 cm³/mol. The molecule has 0 aromatic rings. The lowest BCUT2D eigenvalue weighted by Gasteiger charge is -2.62. The van der Waals surface area contributed by atoms with E-state index in [1.807, 2.05) is 0 Å². The van der Waals surface area contributed by atoms with Crippen LogP contribution in [-0.2, 0) is 23.8 Å². The van der Waals surface area contributed by atoms with E-state index in [0.29, 0.717) is 0 Å². The molecule has 2 atom stereocenters. The number of carboxylic acids is 1. The molecule has 1 spiro atoms. The van der Waals surface area contributed by atoms with Gasteiger partial charge in [0.15, 0.2) is 5.79 Å². The summed E-state index contributed by atoms with van der Waals surface area (Å²) in [7, 11) is 0. The van der Waals surface area contributed by atoms with Crippen LogP contribution in [0.5, 0.6) is 0 Å². The van der Waals surface area contributed by atoms with Crippen LogP contribution in [0.3, 0.4) is 0 Å². The quantitative estimate of drug-likeness (QED) is 0.407. The lowest BCUT2D eigenvalue weighted by Crippen LogP contribution is -2.67. The summed E-state index contributed by atoms with van der Waals surface area (Å²) in [5, 5.41) is 8.75. The highest BCUT2D eigenvalue weighted by molar-refractivity contribution is 5.79. The molecule has 5 rings (SSSR count). The fourth-order valence-corrected chi connectivity index (χ4v) is 6.30. The maximum atomic E-state index is 13.9. The first-order valence-corrected chi connectivity index (χ1v) is 10.8. The monoisotopic (exact) mass is 546 g/mol. The van der Waals surface area contributed by atoms with E-state index in [1.165, 1.54) is 0 Å². The minimum atomic E-state index is -6.34. The molecule has 0 aromatic carbocycles. The summed E-state index contributed by atoms with van der Waals surface area (Å²) in [5.41, 5.74) is -7.30. The van der Waals surface area contributed by atoms with E-state index in [2.05, 4.69) is 4.74 Å². The lowest BCUT2D eigenvalue weighted by molar-refractivity contribution is -0.377. The smallest absolute Gasteiger partial charge is 0.438 e. The van der Waals surface area contributed by atoms with E-state index in [9.17, 15) is 53.5 Å². The molecule has 1 heterocycles. The van der Waals surface area contributed by atoms with E-state index in [-0.39, 0.29) is 19.3 Å². The van der Waals surface area contributed by atoms with Crippen LogP contribution in [0.2, 0.25) is 0 Å². The molecule has 16 heteroatoms. The average Bonchev–Trinajstić information content (AvgIpc) is 2.78. The van der Waals surface area contributed by atoms with Crippen LogP contribution < -0.4 is 0 Å². The van der Waals surface area contributed by atoms with Crippen LogP contribution in [0.15, 0.2) is 0 Å².